The Morgan fingerprint density at radius 3 is 3.06 bits per heavy atom. The van der Waals surface area contributed by atoms with E-state index in [1.165, 1.54) is 30.5 Å². The van der Waals surface area contributed by atoms with Crippen LogP contribution in [0.25, 0.3) is 0 Å². The molecule has 3 rings (SSSR count). The second kappa shape index (κ2) is 4.34. The van der Waals surface area contributed by atoms with E-state index in [0.717, 1.165) is 25.3 Å². The zero-order valence-electron chi connectivity index (χ0n) is 10.5. The molecule has 0 radical (unpaired) electrons. The van der Waals surface area contributed by atoms with Crippen molar-refractivity contribution in [3.8, 4) is 5.75 Å². The highest BCUT2D eigenvalue weighted by Gasteiger charge is 2.35. The van der Waals surface area contributed by atoms with Crippen molar-refractivity contribution in [2.45, 2.75) is 38.6 Å². The van der Waals surface area contributed by atoms with Crippen molar-refractivity contribution in [1.82, 2.24) is 4.90 Å². The van der Waals surface area contributed by atoms with Crippen LogP contribution in [0, 0.1) is 5.92 Å². The Bertz CT molecular complexity index is 415. The number of fused-ring (bicyclic) bond motifs is 2. The van der Waals surface area contributed by atoms with Crippen LogP contribution in [0.3, 0.4) is 0 Å². The highest BCUT2D eigenvalue weighted by atomic mass is 16.3. The first kappa shape index (κ1) is 11.1. The third-order valence-corrected chi connectivity index (χ3v) is 4.58. The molecular formula is C15H21NO. The summed E-state index contributed by atoms with van der Waals surface area (Å²) in [5.41, 5.74) is 2.58. The molecule has 0 amide bonds. The van der Waals surface area contributed by atoms with Gasteiger partial charge in [-0.25, -0.2) is 0 Å². The summed E-state index contributed by atoms with van der Waals surface area (Å²) in [5, 5.41) is 9.96. The van der Waals surface area contributed by atoms with Gasteiger partial charge in [0.05, 0.1) is 0 Å². The number of rotatable bonds is 1. The minimum absolute atomic E-state index is 0.509. The summed E-state index contributed by atoms with van der Waals surface area (Å²) in [6, 6.07) is 6.71. The Morgan fingerprint density at radius 1 is 1.35 bits per heavy atom. The van der Waals surface area contributed by atoms with E-state index < -0.39 is 0 Å². The molecule has 0 bridgehead atoms. The van der Waals surface area contributed by atoms with Crippen molar-refractivity contribution in [3.63, 3.8) is 0 Å². The van der Waals surface area contributed by atoms with Crippen molar-refractivity contribution < 1.29 is 5.11 Å². The molecule has 2 heteroatoms. The monoisotopic (exact) mass is 231 g/mol. The van der Waals surface area contributed by atoms with Crippen LogP contribution in [0.1, 0.15) is 30.9 Å². The number of hydrogen-bond donors (Lipinski definition) is 1. The lowest BCUT2D eigenvalue weighted by Gasteiger charge is -2.44. The first-order valence-electron chi connectivity index (χ1n) is 6.83. The van der Waals surface area contributed by atoms with Crippen molar-refractivity contribution in [3.05, 3.63) is 29.3 Å². The Morgan fingerprint density at radius 2 is 2.24 bits per heavy atom. The number of phenolic OH excluding ortho intramolecular Hbond substituents is 1. The minimum atomic E-state index is 0.509. The van der Waals surface area contributed by atoms with Gasteiger partial charge < -0.3 is 10.0 Å². The summed E-state index contributed by atoms with van der Waals surface area (Å²) in [4.78, 5) is 2.63. The molecule has 1 aromatic carbocycles. The number of nitrogens with zero attached hydrogens (tertiary/aromatic N) is 1. The molecule has 17 heavy (non-hydrogen) atoms. The number of likely N-dealkylation sites (N-methyl/N-ethyl adjacent to an activating group) is 1. The summed E-state index contributed by atoms with van der Waals surface area (Å²) in [5.74, 6) is 1.26. The van der Waals surface area contributed by atoms with Crippen LogP contribution >= 0.6 is 0 Å². The summed E-state index contributed by atoms with van der Waals surface area (Å²) in [7, 11) is 0. The summed E-state index contributed by atoms with van der Waals surface area (Å²) in [6.07, 6.45) is 4.85. The van der Waals surface area contributed by atoms with Crippen molar-refractivity contribution in [2.75, 3.05) is 13.1 Å². The van der Waals surface area contributed by atoms with E-state index in [1.54, 1.807) is 0 Å². The van der Waals surface area contributed by atoms with Crippen LogP contribution < -0.4 is 0 Å². The minimum Gasteiger partial charge on any atom is -0.508 e. The SMILES string of the molecule is CCN1CCCC2Cc3c(O)cccc3CC21. The van der Waals surface area contributed by atoms with Gasteiger partial charge in [-0.2, -0.15) is 0 Å². The van der Waals surface area contributed by atoms with Crippen LogP contribution in [0.4, 0.5) is 0 Å². The lowest BCUT2D eigenvalue weighted by atomic mass is 9.75. The lowest BCUT2D eigenvalue weighted by Crippen LogP contribution is -2.48. The van der Waals surface area contributed by atoms with Crippen molar-refractivity contribution >= 4 is 0 Å². The Hall–Kier alpha value is -1.02. The van der Waals surface area contributed by atoms with Crippen LogP contribution in [-0.2, 0) is 12.8 Å². The van der Waals surface area contributed by atoms with Crippen LogP contribution in [-0.4, -0.2) is 29.1 Å². The van der Waals surface area contributed by atoms with Gasteiger partial charge in [0, 0.05) is 6.04 Å². The fraction of sp³-hybridized carbons (Fsp3) is 0.600. The molecule has 0 spiro atoms. The first-order valence-corrected chi connectivity index (χ1v) is 6.83. The van der Waals surface area contributed by atoms with Gasteiger partial charge in [-0.05, 0) is 61.9 Å². The van der Waals surface area contributed by atoms with E-state index in [2.05, 4.69) is 17.9 Å². The number of phenols is 1. The quantitative estimate of drug-likeness (QED) is 0.803. The van der Waals surface area contributed by atoms with E-state index in [4.69, 9.17) is 0 Å². The molecule has 1 aliphatic heterocycles. The predicted molar refractivity (Wildman–Crippen MR) is 69.3 cm³/mol. The molecule has 1 aliphatic carbocycles. The van der Waals surface area contributed by atoms with Gasteiger partial charge in [0.2, 0.25) is 0 Å². The van der Waals surface area contributed by atoms with Gasteiger partial charge in [-0.15, -0.1) is 0 Å². The van der Waals surface area contributed by atoms with Gasteiger partial charge in [0.25, 0.3) is 0 Å². The molecule has 0 saturated carbocycles. The maximum absolute atomic E-state index is 9.96. The Balaban J connectivity index is 1.93. The van der Waals surface area contributed by atoms with E-state index in [1.807, 2.05) is 12.1 Å². The predicted octanol–water partition coefficient (Wildman–Crippen LogP) is 2.59. The maximum Gasteiger partial charge on any atom is 0.119 e. The largest absolute Gasteiger partial charge is 0.508 e. The lowest BCUT2D eigenvalue weighted by molar-refractivity contribution is 0.0903. The molecule has 2 nitrogen and oxygen atoms in total. The normalized spacial score (nSPS) is 28.5. The molecule has 2 unspecified atom stereocenters. The van der Waals surface area contributed by atoms with Crippen molar-refractivity contribution in [1.29, 1.82) is 0 Å². The van der Waals surface area contributed by atoms with Gasteiger partial charge >= 0.3 is 0 Å². The zero-order valence-corrected chi connectivity index (χ0v) is 10.5. The van der Waals surface area contributed by atoms with Gasteiger partial charge in [-0.1, -0.05) is 19.1 Å². The molecular weight excluding hydrogens is 210 g/mol. The number of aromatic hydroxyl groups is 1. The zero-order chi connectivity index (χ0) is 11.8. The van der Waals surface area contributed by atoms with Gasteiger partial charge in [0.1, 0.15) is 5.75 Å². The molecule has 2 atom stereocenters. The number of piperidine rings is 1. The maximum atomic E-state index is 9.96. The average molecular weight is 231 g/mol. The molecule has 1 fully saturated rings. The summed E-state index contributed by atoms with van der Waals surface area (Å²) >= 11 is 0. The molecule has 0 aromatic heterocycles. The first-order chi connectivity index (χ1) is 8.29. The van der Waals surface area contributed by atoms with Gasteiger partial charge in [-0.3, -0.25) is 0 Å². The van der Waals surface area contributed by atoms with E-state index in [9.17, 15) is 5.11 Å². The van der Waals surface area contributed by atoms with Crippen LogP contribution in [0.15, 0.2) is 18.2 Å². The molecule has 92 valence electrons. The van der Waals surface area contributed by atoms with Crippen LogP contribution in [0.5, 0.6) is 5.75 Å². The highest BCUT2D eigenvalue weighted by Crippen LogP contribution is 2.37. The smallest absolute Gasteiger partial charge is 0.119 e. The number of likely N-dealkylation sites (tertiary alicyclic amines) is 1. The number of hydrogen-bond acceptors (Lipinski definition) is 2. The van der Waals surface area contributed by atoms with E-state index in [-0.39, 0.29) is 0 Å². The Kier molecular flexibility index (Phi) is 2.83. The second-order valence-corrected chi connectivity index (χ2v) is 5.42. The molecule has 1 saturated heterocycles. The topological polar surface area (TPSA) is 23.5 Å². The van der Waals surface area contributed by atoms with Crippen LogP contribution in [0.2, 0.25) is 0 Å². The van der Waals surface area contributed by atoms with Crippen molar-refractivity contribution in [2.24, 2.45) is 5.92 Å². The van der Waals surface area contributed by atoms with Gasteiger partial charge in [0.15, 0.2) is 0 Å². The third-order valence-electron chi connectivity index (χ3n) is 4.58. The fourth-order valence-electron chi connectivity index (χ4n) is 3.67. The summed E-state index contributed by atoms with van der Waals surface area (Å²) < 4.78 is 0. The Labute approximate surface area is 103 Å². The molecule has 1 N–H and O–H groups in total. The highest BCUT2D eigenvalue weighted by molar-refractivity contribution is 5.42. The standard InChI is InChI=1S/C15H21NO/c1-2-16-8-4-6-12-9-13-11(10-14(12)16)5-3-7-15(13)17/h3,5,7,12,14,17H,2,4,6,8-10H2,1H3. The molecule has 1 heterocycles. The second-order valence-electron chi connectivity index (χ2n) is 5.42. The average Bonchev–Trinajstić information content (AvgIpc) is 2.36. The molecule has 1 aromatic rings. The van der Waals surface area contributed by atoms with E-state index >= 15 is 0 Å². The van der Waals surface area contributed by atoms with E-state index in [0.29, 0.717) is 11.8 Å². The number of benzene rings is 1. The fourth-order valence-corrected chi connectivity index (χ4v) is 3.67. The summed E-state index contributed by atoms with van der Waals surface area (Å²) in [6.45, 7) is 4.68. The third kappa shape index (κ3) is 1.85. The molecule has 2 aliphatic rings.